The highest BCUT2D eigenvalue weighted by Crippen LogP contribution is 2.73. The molecule has 0 aromatic rings. The van der Waals surface area contributed by atoms with Crippen molar-refractivity contribution in [2.45, 2.75) is 77.3 Å². The minimum atomic E-state index is -0.820. The van der Waals surface area contributed by atoms with Crippen LogP contribution in [-0.2, 0) is 23.7 Å². The largest absolute Gasteiger partial charge is 0.343 e. The molecule has 1 unspecified atom stereocenters. The van der Waals surface area contributed by atoms with E-state index in [1.807, 2.05) is 0 Å². The summed E-state index contributed by atoms with van der Waals surface area (Å²) < 4.78 is 25.7. The molecular formula is C24H36O5. The summed E-state index contributed by atoms with van der Waals surface area (Å²) in [6.45, 7) is 9.19. The van der Waals surface area contributed by atoms with Gasteiger partial charge in [-0.2, -0.15) is 0 Å². The zero-order valence-electron chi connectivity index (χ0n) is 18.2. The molecule has 0 aromatic heterocycles. The summed E-state index contributed by atoms with van der Waals surface area (Å²) in [6, 6.07) is 0. The molecule has 162 valence electrons. The summed E-state index contributed by atoms with van der Waals surface area (Å²) in [5, 5.41) is 0. The fourth-order valence-electron chi connectivity index (χ4n) is 9.13. The van der Waals surface area contributed by atoms with Crippen LogP contribution in [-0.4, -0.2) is 43.8 Å². The molecule has 0 amide bonds. The molecule has 2 saturated heterocycles. The van der Waals surface area contributed by atoms with Gasteiger partial charge < -0.3 is 18.9 Å². The Bertz CT molecular complexity index is 708. The van der Waals surface area contributed by atoms with Gasteiger partial charge in [-0.15, -0.1) is 0 Å². The number of carbonyl (C=O) groups is 1. The molecule has 29 heavy (non-hydrogen) atoms. The number of Topliss-reactive ketones (excluding diaryl/α,β-unsaturated/α-hetero) is 1. The molecule has 7 atom stereocenters. The van der Waals surface area contributed by atoms with E-state index in [0.29, 0.717) is 50.0 Å². The van der Waals surface area contributed by atoms with E-state index in [0.717, 1.165) is 25.7 Å². The van der Waals surface area contributed by atoms with Crippen molar-refractivity contribution in [1.29, 1.82) is 0 Å². The van der Waals surface area contributed by atoms with Gasteiger partial charge in [-0.1, -0.05) is 33.6 Å². The average Bonchev–Trinajstić information content (AvgIpc) is 2.98. The highest BCUT2D eigenvalue weighted by atomic mass is 16.8. The summed E-state index contributed by atoms with van der Waals surface area (Å²) in [5.41, 5.74) is -0.0209. The van der Waals surface area contributed by atoms with E-state index in [1.165, 1.54) is 19.3 Å². The van der Waals surface area contributed by atoms with Gasteiger partial charge in [0.1, 0.15) is 5.78 Å². The van der Waals surface area contributed by atoms with Crippen molar-refractivity contribution in [3.63, 3.8) is 0 Å². The first kappa shape index (κ1) is 19.2. The molecule has 2 heterocycles. The lowest BCUT2D eigenvalue weighted by molar-refractivity contribution is -0.474. The van der Waals surface area contributed by atoms with Crippen molar-refractivity contribution < 1.29 is 23.7 Å². The third-order valence-corrected chi connectivity index (χ3v) is 10.4. The lowest BCUT2D eigenvalue weighted by atomic mass is 9.42. The Morgan fingerprint density at radius 3 is 2.28 bits per heavy atom. The Hall–Kier alpha value is -0.490. The lowest BCUT2D eigenvalue weighted by Crippen LogP contribution is -2.70. The number of fused-ring (bicyclic) bond motifs is 5. The van der Waals surface area contributed by atoms with Crippen LogP contribution in [0.25, 0.3) is 0 Å². The van der Waals surface area contributed by atoms with Gasteiger partial charge in [0.05, 0.1) is 26.4 Å². The quantitative estimate of drug-likeness (QED) is 0.612. The van der Waals surface area contributed by atoms with Gasteiger partial charge in [-0.25, -0.2) is 0 Å². The Balaban J connectivity index is 1.46. The molecule has 6 aliphatic rings. The molecule has 0 aromatic carbocycles. The minimum Gasteiger partial charge on any atom is -0.343 e. The molecule has 5 heteroatoms. The van der Waals surface area contributed by atoms with Gasteiger partial charge in [0.15, 0.2) is 0 Å². The predicted molar refractivity (Wildman–Crippen MR) is 106 cm³/mol. The predicted octanol–water partition coefficient (Wildman–Crippen LogP) is 3.94. The molecule has 2 aliphatic heterocycles. The van der Waals surface area contributed by atoms with Crippen LogP contribution < -0.4 is 0 Å². The second-order valence-corrected chi connectivity index (χ2v) is 11.2. The number of ketones is 1. The van der Waals surface area contributed by atoms with Gasteiger partial charge >= 0.3 is 0 Å². The van der Waals surface area contributed by atoms with Gasteiger partial charge in [-0.05, 0) is 48.9 Å². The summed E-state index contributed by atoms with van der Waals surface area (Å²) in [7, 11) is 0. The fraction of sp³-hybridized carbons (Fsp3) is 0.958. The van der Waals surface area contributed by atoms with E-state index in [4.69, 9.17) is 18.9 Å². The number of ether oxygens (including phenoxy) is 4. The summed E-state index contributed by atoms with van der Waals surface area (Å²) in [6.07, 6.45) is 7.81. The van der Waals surface area contributed by atoms with Crippen LogP contribution in [0.4, 0.5) is 0 Å². The van der Waals surface area contributed by atoms with E-state index < -0.39 is 11.6 Å². The van der Waals surface area contributed by atoms with E-state index in [9.17, 15) is 4.79 Å². The standard InChI is InChI=1S/C24H36O5/c1-15-19-16(21(2)8-5-4-6-17(21)20(15)25)7-9-22(3)18(19)14-23-24(22,28-12-10-26-23)29-13-11-27-23/h15-19H,4-14H2,1-3H3/t15-,16-,17?,18-,19+,21+,22-,23?,24?/m0/s1. The molecule has 0 spiro atoms. The lowest BCUT2D eigenvalue weighted by Gasteiger charge is -2.62. The monoisotopic (exact) mass is 404 g/mol. The summed E-state index contributed by atoms with van der Waals surface area (Å²) in [4.78, 5) is 13.6. The van der Waals surface area contributed by atoms with Crippen LogP contribution >= 0.6 is 0 Å². The van der Waals surface area contributed by atoms with Crippen LogP contribution in [0.5, 0.6) is 0 Å². The van der Waals surface area contributed by atoms with Gasteiger partial charge in [0.25, 0.3) is 0 Å². The number of hydrogen-bond donors (Lipinski definition) is 0. The van der Waals surface area contributed by atoms with E-state index >= 15 is 0 Å². The van der Waals surface area contributed by atoms with Crippen LogP contribution in [0.15, 0.2) is 0 Å². The van der Waals surface area contributed by atoms with Crippen molar-refractivity contribution in [2.75, 3.05) is 26.4 Å². The molecular weight excluding hydrogens is 368 g/mol. The van der Waals surface area contributed by atoms with Crippen LogP contribution in [0.2, 0.25) is 0 Å². The summed E-state index contributed by atoms with van der Waals surface area (Å²) in [5.74, 6) is 0.579. The third-order valence-electron chi connectivity index (χ3n) is 10.4. The molecule has 6 rings (SSSR count). The maximum Gasteiger partial charge on any atom is 0.229 e. The first-order valence-corrected chi connectivity index (χ1v) is 12.0. The van der Waals surface area contributed by atoms with Crippen LogP contribution in [0.1, 0.15) is 65.7 Å². The molecule has 0 radical (unpaired) electrons. The topological polar surface area (TPSA) is 54.0 Å². The number of carbonyl (C=O) groups excluding carboxylic acids is 1. The molecule has 0 N–H and O–H groups in total. The van der Waals surface area contributed by atoms with Crippen molar-refractivity contribution >= 4 is 5.78 Å². The van der Waals surface area contributed by atoms with Gasteiger partial charge in [0.2, 0.25) is 11.6 Å². The van der Waals surface area contributed by atoms with Crippen molar-refractivity contribution in [1.82, 2.24) is 0 Å². The molecule has 4 aliphatic carbocycles. The zero-order valence-corrected chi connectivity index (χ0v) is 18.2. The molecule has 4 saturated carbocycles. The van der Waals surface area contributed by atoms with E-state index in [-0.39, 0.29) is 22.7 Å². The SMILES string of the molecule is C[C@@H]1C(=O)C2CCCC[C@]2(C)[C@H]2CC[C@@]3(C)[C@@H](CC45OCCOC43OCCO5)[C@H]12. The van der Waals surface area contributed by atoms with E-state index in [1.54, 1.807) is 0 Å². The molecule has 0 bridgehead atoms. The first-order chi connectivity index (χ1) is 13.9. The van der Waals surface area contributed by atoms with Crippen molar-refractivity contribution in [3.8, 4) is 0 Å². The van der Waals surface area contributed by atoms with Gasteiger partial charge in [-0.3, -0.25) is 4.79 Å². The second kappa shape index (κ2) is 6.05. The summed E-state index contributed by atoms with van der Waals surface area (Å²) >= 11 is 0. The van der Waals surface area contributed by atoms with Crippen LogP contribution in [0, 0.1) is 40.4 Å². The minimum absolute atomic E-state index is 0.107. The second-order valence-electron chi connectivity index (χ2n) is 11.2. The third kappa shape index (κ3) is 2.09. The average molecular weight is 405 g/mol. The smallest absolute Gasteiger partial charge is 0.229 e. The Morgan fingerprint density at radius 2 is 1.55 bits per heavy atom. The zero-order chi connectivity index (χ0) is 20.1. The maximum atomic E-state index is 13.6. The highest BCUT2D eigenvalue weighted by Gasteiger charge is 2.79. The van der Waals surface area contributed by atoms with Crippen molar-refractivity contribution in [2.24, 2.45) is 40.4 Å². The molecule has 6 fully saturated rings. The molecule has 5 nitrogen and oxygen atoms in total. The Kier molecular flexibility index (Phi) is 4.01. The van der Waals surface area contributed by atoms with Crippen LogP contribution in [0.3, 0.4) is 0 Å². The first-order valence-electron chi connectivity index (χ1n) is 12.0. The Labute approximate surface area is 174 Å². The van der Waals surface area contributed by atoms with Gasteiger partial charge in [0, 0.05) is 23.7 Å². The number of rotatable bonds is 0. The highest BCUT2D eigenvalue weighted by molar-refractivity contribution is 5.85. The Morgan fingerprint density at radius 1 is 0.862 bits per heavy atom. The van der Waals surface area contributed by atoms with E-state index in [2.05, 4.69) is 20.8 Å². The van der Waals surface area contributed by atoms with Crippen molar-refractivity contribution in [3.05, 3.63) is 0 Å². The maximum absolute atomic E-state index is 13.6. The normalized spacial score (nSPS) is 59.1. The number of hydrogen-bond acceptors (Lipinski definition) is 5. The fourth-order valence-corrected chi connectivity index (χ4v) is 9.13.